The van der Waals surface area contributed by atoms with Crippen molar-refractivity contribution < 1.29 is 4.79 Å². The summed E-state index contributed by atoms with van der Waals surface area (Å²) in [5, 5.41) is 6.22. The highest BCUT2D eigenvalue weighted by molar-refractivity contribution is 7.99. The molecule has 0 radical (unpaired) electrons. The van der Waals surface area contributed by atoms with E-state index in [1.807, 2.05) is 0 Å². The van der Waals surface area contributed by atoms with Crippen molar-refractivity contribution in [2.24, 2.45) is 0 Å². The number of rotatable bonds is 5. The van der Waals surface area contributed by atoms with E-state index in [2.05, 4.69) is 46.7 Å². The molecule has 1 aromatic rings. The molecule has 0 saturated carbocycles. The molecule has 2 N–H and O–H groups in total. The number of nitrogens with zero attached hydrogens (tertiary/aromatic N) is 1. The maximum atomic E-state index is 12.0. The second-order valence-electron chi connectivity index (χ2n) is 6.62. The van der Waals surface area contributed by atoms with Gasteiger partial charge >= 0.3 is 0 Å². The maximum Gasteiger partial charge on any atom is 0.238 e. The summed E-state index contributed by atoms with van der Waals surface area (Å²) in [4.78, 5) is 14.6. The van der Waals surface area contributed by atoms with Crippen LogP contribution in [0.25, 0.3) is 0 Å². The first kappa shape index (κ1) is 16.8. The van der Waals surface area contributed by atoms with Crippen LogP contribution in [0.15, 0.2) is 24.3 Å². The molecule has 2 fully saturated rings. The number of hydrogen-bond acceptors (Lipinski definition) is 4. The minimum Gasteiger partial charge on any atom is -0.351 e. The number of carbonyl (C=O) groups excluding carboxylic acids is 1. The molecule has 5 heteroatoms. The summed E-state index contributed by atoms with van der Waals surface area (Å²) in [6.07, 6.45) is 4.00. The average molecular weight is 334 g/mol. The third-order valence-corrected chi connectivity index (χ3v) is 5.79. The molecule has 0 aliphatic carbocycles. The van der Waals surface area contributed by atoms with Crippen LogP contribution in [-0.4, -0.2) is 41.1 Å². The summed E-state index contributed by atoms with van der Waals surface area (Å²) in [6.45, 7) is 5.20. The van der Waals surface area contributed by atoms with Gasteiger partial charge in [0.2, 0.25) is 5.91 Å². The highest BCUT2D eigenvalue weighted by Crippen LogP contribution is 2.19. The molecule has 2 unspecified atom stereocenters. The topological polar surface area (TPSA) is 44.4 Å². The van der Waals surface area contributed by atoms with E-state index >= 15 is 0 Å². The van der Waals surface area contributed by atoms with Crippen LogP contribution in [0.1, 0.15) is 37.3 Å². The van der Waals surface area contributed by atoms with Crippen LogP contribution < -0.4 is 10.6 Å². The van der Waals surface area contributed by atoms with Gasteiger partial charge in [-0.3, -0.25) is 15.0 Å². The van der Waals surface area contributed by atoms with E-state index < -0.39 is 0 Å². The molecule has 2 aliphatic rings. The molecule has 0 aromatic heterocycles. The lowest BCUT2D eigenvalue weighted by molar-refractivity contribution is -0.122. The molecule has 0 bridgehead atoms. The molecule has 2 aliphatic heterocycles. The Balaban J connectivity index is 1.47. The molecular weight excluding hydrogens is 306 g/mol. The quantitative estimate of drug-likeness (QED) is 0.868. The van der Waals surface area contributed by atoms with Gasteiger partial charge in [-0.05, 0) is 37.4 Å². The summed E-state index contributed by atoms with van der Waals surface area (Å²) in [6, 6.07) is 9.35. The largest absolute Gasteiger partial charge is 0.351 e. The number of thioether (sulfide) groups is 1. The van der Waals surface area contributed by atoms with Gasteiger partial charge in [0.05, 0.1) is 6.04 Å². The highest BCUT2D eigenvalue weighted by atomic mass is 32.2. The summed E-state index contributed by atoms with van der Waals surface area (Å²) in [7, 11) is 0. The van der Waals surface area contributed by atoms with E-state index in [9.17, 15) is 4.79 Å². The zero-order valence-corrected chi connectivity index (χ0v) is 14.7. The second kappa shape index (κ2) is 8.18. The first-order valence-electron chi connectivity index (χ1n) is 8.63. The fourth-order valence-corrected chi connectivity index (χ4v) is 4.21. The molecular formula is C18H27N3OS. The molecule has 2 heterocycles. The lowest BCUT2D eigenvalue weighted by atomic mass is 10.0. The van der Waals surface area contributed by atoms with Crippen molar-refractivity contribution in [3.8, 4) is 0 Å². The SMILES string of the molecule is CC1CCCCN1Cc1ccc(CNC(=O)C2CSCN2)cc1. The Morgan fingerprint density at radius 1 is 1.30 bits per heavy atom. The van der Waals surface area contributed by atoms with Gasteiger partial charge in [-0.2, -0.15) is 0 Å². The van der Waals surface area contributed by atoms with E-state index in [1.165, 1.54) is 36.9 Å². The Labute approximate surface area is 143 Å². The number of benzene rings is 1. The van der Waals surface area contributed by atoms with Crippen LogP contribution in [-0.2, 0) is 17.9 Å². The fraction of sp³-hybridized carbons (Fsp3) is 0.611. The van der Waals surface area contributed by atoms with Crippen molar-refractivity contribution in [1.82, 2.24) is 15.5 Å². The summed E-state index contributed by atoms with van der Waals surface area (Å²) >= 11 is 1.77. The Morgan fingerprint density at radius 2 is 2.09 bits per heavy atom. The van der Waals surface area contributed by atoms with E-state index in [-0.39, 0.29) is 11.9 Å². The van der Waals surface area contributed by atoms with Crippen LogP contribution in [0.5, 0.6) is 0 Å². The predicted molar refractivity (Wildman–Crippen MR) is 96.3 cm³/mol. The third-order valence-electron chi connectivity index (χ3n) is 4.85. The van der Waals surface area contributed by atoms with Gasteiger partial charge in [-0.25, -0.2) is 0 Å². The molecule has 2 atom stereocenters. The number of likely N-dealkylation sites (tertiary alicyclic amines) is 1. The summed E-state index contributed by atoms with van der Waals surface area (Å²) < 4.78 is 0. The van der Waals surface area contributed by atoms with Crippen LogP contribution in [0, 0.1) is 0 Å². The normalized spacial score (nSPS) is 25.4. The number of carbonyl (C=O) groups is 1. The lowest BCUT2D eigenvalue weighted by Crippen LogP contribution is -2.41. The zero-order valence-electron chi connectivity index (χ0n) is 13.9. The number of nitrogens with one attached hydrogen (secondary N) is 2. The number of hydrogen-bond donors (Lipinski definition) is 2. The Bertz CT molecular complexity index is 514. The minimum atomic E-state index is -0.0279. The molecule has 4 nitrogen and oxygen atoms in total. The van der Waals surface area contributed by atoms with Gasteiger partial charge in [0, 0.05) is 30.8 Å². The van der Waals surface area contributed by atoms with Crippen molar-refractivity contribution in [1.29, 1.82) is 0 Å². The third kappa shape index (κ3) is 4.72. The van der Waals surface area contributed by atoms with E-state index in [1.54, 1.807) is 11.8 Å². The molecule has 2 saturated heterocycles. The van der Waals surface area contributed by atoms with Gasteiger partial charge in [-0.15, -0.1) is 11.8 Å². The van der Waals surface area contributed by atoms with Gasteiger partial charge in [-0.1, -0.05) is 30.7 Å². The average Bonchev–Trinajstić information content (AvgIpc) is 3.11. The van der Waals surface area contributed by atoms with Gasteiger partial charge in [0.15, 0.2) is 0 Å². The highest BCUT2D eigenvalue weighted by Gasteiger charge is 2.22. The molecule has 1 aromatic carbocycles. The van der Waals surface area contributed by atoms with Crippen molar-refractivity contribution in [2.45, 2.75) is 51.4 Å². The molecule has 23 heavy (non-hydrogen) atoms. The van der Waals surface area contributed by atoms with Crippen molar-refractivity contribution >= 4 is 17.7 Å². The van der Waals surface area contributed by atoms with Crippen LogP contribution >= 0.6 is 11.8 Å². The maximum absolute atomic E-state index is 12.0. The van der Waals surface area contributed by atoms with Gasteiger partial charge in [0.1, 0.15) is 0 Å². The van der Waals surface area contributed by atoms with E-state index in [4.69, 9.17) is 0 Å². The summed E-state index contributed by atoms with van der Waals surface area (Å²) in [5.41, 5.74) is 2.53. The van der Waals surface area contributed by atoms with Crippen molar-refractivity contribution in [2.75, 3.05) is 18.2 Å². The standard InChI is InChI=1S/C18H27N3OS/c1-14-4-2-3-9-21(14)11-16-7-5-15(6-8-16)10-19-18(22)17-12-23-13-20-17/h5-8,14,17,20H,2-4,9-13H2,1H3,(H,19,22). The number of amides is 1. The van der Waals surface area contributed by atoms with Crippen LogP contribution in [0.4, 0.5) is 0 Å². The Morgan fingerprint density at radius 3 is 2.78 bits per heavy atom. The van der Waals surface area contributed by atoms with Crippen molar-refractivity contribution in [3.05, 3.63) is 35.4 Å². The number of piperidine rings is 1. The van der Waals surface area contributed by atoms with Crippen LogP contribution in [0.2, 0.25) is 0 Å². The lowest BCUT2D eigenvalue weighted by Gasteiger charge is -2.33. The Kier molecular flexibility index (Phi) is 5.97. The van der Waals surface area contributed by atoms with Gasteiger partial charge in [0.25, 0.3) is 0 Å². The fourth-order valence-electron chi connectivity index (χ4n) is 3.27. The zero-order chi connectivity index (χ0) is 16.1. The molecule has 1 amide bonds. The van der Waals surface area contributed by atoms with Gasteiger partial charge < -0.3 is 5.32 Å². The molecule has 126 valence electrons. The van der Waals surface area contributed by atoms with Crippen molar-refractivity contribution in [3.63, 3.8) is 0 Å². The van der Waals surface area contributed by atoms with E-state index in [0.29, 0.717) is 12.6 Å². The van der Waals surface area contributed by atoms with E-state index in [0.717, 1.165) is 18.2 Å². The first-order valence-corrected chi connectivity index (χ1v) is 9.78. The monoisotopic (exact) mass is 333 g/mol. The van der Waals surface area contributed by atoms with Crippen LogP contribution in [0.3, 0.4) is 0 Å². The molecule has 3 rings (SSSR count). The predicted octanol–water partition coefficient (Wildman–Crippen LogP) is 2.34. The second-order valence-corrected chi connectivity index (χ2v) is 7.65. The Hall–Kier alpha value is -1.04. The minimum absolute atomic E-state index is 0.0279. The summed E-state index contributed by atoms with van der Waals surface area (Å²) in [5.74, 6) is 1.86. The first-order chi connectivity index (χ1) is 11.2. The smallest absolute Gasteiger partial charge is 0.238 e. The molecule has 0 spiro atoms.